The smallest absolute Gasteiger partial charge is 0.159 e. The molecule has 2 heterocycles. The average molecular weight is 602 g/mol. The second-order valence-corrected chi connectivity index (χ2v) is 12.1. The third-order valence-electron chi connectivity index (χ3n) is 9.46. The fourth-order valence-corrected chi connectivity index (χ4v) is 7.30. The summed E-state index contributed by atoms with van der Waals surface area (Å²) < 4.78 is 13.3. The summed E-state index contributed by atoms with van der Waals surface area (Å²) in [5, 5.41) is 9.07. The molecular formula is C44H27NO2. The molecule has 0 aliphatic heterocycles. The third-order valence-corrected chi connectivity index (χ3v) is 9.46. The number of hydrogen-bond acceptors (Lipinski definition) is 3. The van der Waals surface area contributed by atoms with E-state index in [2.05, 4.69) is 144 Å². The van der Waals surface area contributed by atoms with Gasteiger partial charge in [-0.1, -0.05) is 121 Å². The molecule has 0 fully saturated rings. The van der Waals surface area contributed by atoms with E-state index in [4.69, 9.17) is 8.83 Å². The molecule has 0 bridgehead atoms. The van der Waals surface area contributed by atoms with Crippen molar-refractivity contribution in [2.75, 3.05) is 4.90 Å². The molecule has 10 aromatic rings. The van der Waals surface area contributed by atoms with Crippen LogP contribution in [0.2, 0.25) is 0 Å². The summed E-state index contributed by atoms with van der Waals surface area (Å²) in [6, 6.07) is 57.8. The van der Waals surface area contributed by atoms with E-state index < -0.39 is 0 Å². The van der Waals surface area contributed by atoms with Crippen molar-refractivity contribution < 1.29 is 8.83 Å². The van der Waals surface area contributed by atoms with E-state index in [-0.39, 0.29) is 0 Å². The van der Waals surface area contributed by atoms with Crippen LogP contribution in [0.25, 0.3) is 76.5 Å². The first-order valence-corrected chi connectivity index (χ1v) is 15.9. The quantitative estimate of drug-likeness (QED) is 0.201. The lowest BCUT2D eigenvalue weighted by Crippen LogP contribution is -2.11. The van der Waals surface area contributed by atoms with E-state index in [1.54, 1.807) is 0 Å². The van der Waals surface area contributed by atoms with Crippen molar-refractivity contribution in [2.24, 2.45) is 0 Å². The summed E-state index contributed by atoms with van der Waals surface area (Å²) in [5.74, 6) is 0. The Hall–Kier alpha value is -6.32. The van der Waals surface area contributed by atoms with E-state index in [0.717, 1.165) is 71.7 Å². The third kappa shape index (κ3) is 3.93. The maximum absolute atomic E-state index is 6.63. The van der Waals surface area contributed by atoms with Crippen LogP contribution in [0.5, 0.6) is 0 Å². The van der Waals surface area contributed by atoms with Gasteiger partial charge in [0.2, 0.25) is 0 Å². The van der Waals surface area contributed by atoms with Gasteiger partial charge in [0.15, 0.2) is 5.58 Å². The lowest BCUT2D eigenvalue weighted by Gasteiger charge is -2.27. The Morgan fingerprint density at radius 1 is 0.362 bits per heavy atom. The van der Waals surface area contributed by atoms with E-state index in [1.165, 1.54) is 21.9 Å². The van der Waals surface area contributed by atoms with Gasteiger partial charge in [0, 0.05) is 32.6 Å². The molecule has 0 saturated heterocycles. The van der Waals surface area contributed by atoms with Gasteiger partial charge < -0.3 is 13.7 Å². The van der Waals surface area contributed by atoms with Crippen molar-refractivity contribution in [1.82, 2.24) is 0 Å². The summed E-state index contributed by atoms with van der Waals surface area (Å²) in [6.07, 6.45) is 0. The summed E-state index contributed by atoms with van der Waals surface area (Å²) >= 11 is 0. The van der Waals surface area contributed by atoms with Crippen molar-refractivity contribution in [3.63, 3.8) is 0 Å². The number of anilines is 3. The molecule has 3 nitrogen and oxygen atoms in total. The number of benzene rings is 8. The molecule has 47 heavy (non-hydrogen) atoms. The first-order chi connectivity index (χ1) is 23.3. The van der Waals surface area contributed by atoms with E-state index in [9.17, 15) is 0 Å². The molecule has 0 N–H and O–H groups in total. The van der Waals surface area contributed by atoms with Gasteiger partial charge in [-0.2, -0.15) is 0 Å². The Morgan fingerprint density at radius 3 is 1.74 bits per heavy atom. The molecule has 3 heteroatoms. The number of nitrogens with zero attached hydrogens (tertiary/aromatic N) is 1. The van der Waals surface area contributed by atoms with Crippen LogP contribution in [-0.2, 0) is 0 Å². The van der Waals surface area contributed by atoms with Gasteiger partial charge in [-0.05, 0) is 69.8 Å². The zero-order chi connectivity index (χ0) is 30.9. The van der Waals surface area contributed by atoms with Gasteiger partial charge in [0.1, 0.15) is 16.7 Å². The van der Waals surface area contributed by atoms with Crippen LogP contribution < -0.4 is 4.90 Å². The lowest BCUT2D eigenvalue weighted by molar-refractivity contribution is 0.669. The average Bonchev–Trinajstić information content (AvgIpc) is 3.71. The van der Waals surface area contributed by atoms with Gasteiger partial charge in [-0.15, -0.1) is 0 Å². The van der Waals surface area contributed by atoms with Gasteiger partial charge in [0.05, 0.1) is 11.4 Å². The van der Waals surface area contributed by atoms with Crippen molar-refractivity contribution in [2.45, 2.75) is 0 Å². The van der Waals surface area contributed by atoms with Crippen LogP contribution in [0.4, 0.5) is 17.1 Å². The van der Waals surface area contributed by atoms with E-state index in [1.807, 2.05) is 24.3 Å². The molecule has 0 saturated carbocycles. The Kier molecular flexibility index (Phi) is 5.57. The first kappa shape index (κ1) is 26.0. The zero-order valence-electron chi connectivity index (χ0n) is 25.4. The predicted octanol–water partition coefficient (Wildman–Crippen LogP) is 12.9. The van der Waals surface area contributed by atoms with E-state index in [0.29, 0.717) is 0 Å². The summed E-state index contributed by atoms with van der Waals surface area (Å²) in [4.78, 5) is 2.33. The molecule has 2 aromatic heterocycles. The number of para-hydroxylation sites is 3. The molecule has 0 aliphatic carbocycles. The summed E-state index contributed by atoms with van der Waals surface area (Å²) in [6.45, 7) is 0. The zero-order valence-corrected chi connectivity index (χ0v) is 25.4. The maximum Gasteiger partial charge on any atom is 0.159 e. The minimum atomic E-state index is 0.848. The molecule has 220 valence electrons. The monoisotopic (exact) mass is 601 g/mol. The number of hydrogen-bond donors (Lipinski definition) is 0. The topological polar surface area (TPSA) is 29.5 Å². The highest BCUT2D eigenvalue weighted by atomic mass is 16.3. The molecule has 0 amide bonds. The van der Waals surface area contributed by atoms with Crippen molar-refractivity contribution in [1.29, 1.82) is 0 Å². The molecule has 0 atom stereocenters. The van der Waals surface area contributed by atoms with Crippen molar-refractivity contribution in [3.05, 3.63) is 164 Å². The first-order valence-electron chi connectivity index (χ1n) is 15.9. The van der Waals surface area contributed by atoms with Crippen LogP contribution in [0.1, 0.15) is 0 Å². The Bertz CT molecular complexity index is 2800. The molecule has 0 radical (unpaired) electrons. The molecule has 0 aliphatic rings. The summed E-state index contributed by atoms with van der Waals surface area (Å²) in [7, 11) is 0. The Labute approximate surface area is 270 Å². The van der Waals surface area contributed by atoms with Crippen LogP contribution >= 0.6 is 0 Å². The maximum atomic E-state index is 6.63. The number of rotatable bonds is 4. The molecule has 8 aromatic carbocycles. The Balaban J connectivity index is 1.26. The van der Waals surface area contributed by atoms with Crippen LogP contribution in [0, 0.1) is 0 Å². The normalized spacial score (nSPS) is 11.8. The van der Waals surface area contributed by atoms with Crippen LogP contribution in [0.3, 0.4) is 0 Å². The lowest BCUT2D eigenvalue weighted by atomic mass is 9.98. The fourth-order valence-electron chi connectivity index (χ4n) is 7.30. The van der Waals surface area contributed by atoms with Gasteiger partial charge >= 0.3 is 0 Å². The molecular weight excluding hydrogens is 574 g/mol. The van der Waals surface area contributed by atoms with Crippen molar-refractivity contribution >= 4 is 82.5 Å². The summed E-state index contributed by atoms with van der Waals surface area (Å²) in [5.41, 5.74) is 8.90. The minimum Gasteiger partial charge on any atom is -0.455 e. The highest BCUT2D eigenvalue weighted by Crippen LogP contribution is 2.47. The standard InChI is InChI=1S/C44H27NO2/c1-2-13-32-28(10-1)11-7-16-33(32)29-22-25-31(26-23-29)45(39-19-9-17-36-34-14-3-5-20-40(34)46-43(36)39)38-18-8-12-30-24-27-37-35-15-4-6-21-41(35)47-44(37)42(30)38/h1-27H. The highest BCUT2D eigenvalue weighted by Gasteiger charge is 2.23. The fraction of sp³-hybridized carbons (Fsp3) is 0. The molecule has 0 spiro atoms. The van der Waals surface area contributed by atoms with Gasteiger partial charge in [0.25, 0.3) is 0 Å². The predicted molar refractivity (Wildman–Crippen MR) is 196 cm³/mol. The molecule has 0 unspecified atom stereocenters. The SMILES string of the molecule is c1ccc2c(-c3ccc(N(c4cccc5c4oc4ccccc45)c4cccc5ccc6c7ccccc7oc6c45)cc3)cccc2c1. The van der Waals surface area contributed by atoms with Gasteiger partial charge in [-0.25, -0.2) is 0 Å². The number of fused-ring (bicyclic) bond motifs is 9. The van der Waals surface area contributed by atoms with Crippen molar-refractivity contribution in [3.8, 4) is 11.1 Å². The van der Waals surface area contributed by atoms with Crippen LogP contribution in [-0.4, -0.2) is 0 Å². The second kappa shape index (κ2) is 10.1. The minimum absolute atomic E-state index is 0.848. The second-order valence-electron chi connectivity index (χ2n) is 12.1. The largest absolute Gasteiger partial charge is 0.455 e. The van der Waals surface area contributed by atoms with E-state index >= 15 is 0 Å². The molecule has 10 rings (SSSR count). The van der Waals surface area contributed by atoms with Crippen LogP contribution in [0.15, 0.2) is 173 Å². The Morgan fingerprint density at radius 2 is 0.936 bits per heavy atom. The number of furan rings is 2. The van der Waals surface area contributed by atoms with Gasteiger partial charge in [-0.3, -0.25) is 0 Å². The highest BCUT2D eigenvalue weighted by molar-refractivity contribution is 6.20.